The standard InChI is InChI=1S/C19H32N/c1-3-5-6-10-15-20(16-11-12-17-20)19(4-2)18-13-8-7-9-14-18/h7-9,13-14,19H,3-6,10-12,15-17H2,1-2H3/q+1. The van der Waals surface area contributed by atoms with Crippen LogP contribution in [0.1, 0.15) is 70.4 Å². The molecule has 112 valence electrons. The highest BCUT2D eigenvalue weighted by molar-refractivity contribution is 5.17. The van der Waals surface area contributed by atoms with Crippen LogP contribution in [0.25, 0.3) is 0 Å². The summed E-state index contributed by atoms with van der Waals surface area (Å²) in [5.74, 6) is 0. The number of quaternary nitrogens is 1. The Kier molecular flexibility index (Phi) is 6.09. The second-order valence-corrected chi connectivity index (χ2v) is 6.49. The highest BCUT2D eigenvalue weighted by Gasteiger charge is 2.39. The molecule has 0 amide bonds. The largest absolute Gasteiger partial charge is 0.317 e. The highest BCUT2D eigenvalue weighted by atomic mass is 15.4. The first kappa shape index (κ1) is 15.6. The second kappa shape index (κ2) is 7.83. The van der Waals surface area contributed by atoms with Crippen molar-refractivity contribution in [3.05, 3.63) is 35.9 Å². The minimum Gasteiger partial charge on any atom is -0.317 e. The summed E-state index contributed by atoms with van der Waals surface area (Å²) in [6.07, 6.45) is 9.71. The maximum Gasteiger partial charge on any atom is 0.114 e. The Labute approximate surface area is 125 Å². The van der Waals surface area contributed by atoms with Gasteiger partial charge in [-0.2, -0.15) is 0 Å². The zero-order valence-electron chi connectivity index (χ0n) is 13.5. The molecule has 0 radical (unpaired) electrons. The molecule has 1 aliphatic heterocycles. The molecular weight excluding hydrogens is 242 g/mol. The third kappa shape index (κ3) is 3.63. The van der Waals surface area contributed by atoms with E-state index in [0.717, 1.165) is 6.04 Å². The third-order valence-electron chi connectivity index (χ3n) is 5.15. The van der Waals surface area contributed by atoms with Gasteiger partial charge in [0.25, 0.3) is 0 Å². The monoisotopic (exact) mass is 274 g/mol. The van der Waals surface area contributed by atoms with Crippen molar-refractivity contribution in [3.63, 3.8) is 0 Å². The van der Waals surface area contributed by atoms with Gasteiger partial charge in [0.15, 0.2) is 0 Å². The molecule has 1 saturated heterocycles. The van der Waals surface area contributed by atoms with Crippen molar-refractivity contribution in [2.45, 2.75) is 64.8 Å². The van der Waals surface area contributed by atoms with Crippen molar-refractivity contribution in [1.82, 2.24) is 0 Å². The lowest BCUT2D eigenvalue weighted by Gasteiger charge is -2.42. The first-order valence-electron chi connectivity index (χ1n) is 8.73. The summed E-state index contributed by atoms with van der Waals surface area (Å²) < 4.78 is 1.37. The summed E-state index contributed by atoms with van der Waals surface area (Å²) in [6.45, 7) is 8.88. The summed E-state index contributed by atoms with van der Waals surface area (Å²) in [5, 5.41) is 0. The molecule has 0 bridgehead atoms. The summed E-state index contributed by atoms with van der Waals surface area (Å²) in [6, 6.07) is 12.0. The Morgan fingerprint density at radius 1 is 0.950 bits per heavy atom. The van der Waals surface area contributed by atoms with Crippen molar-refractivity contribution in [2.24, 2.45) is 0 Å². The van der Waals surface area contributed by atoms with Crippen molar-refractivity contribution < 1.29 is 4.48 Å². The molecule has 1 aliphatic rings. The van der Waals surface area contributed by atoms with Crippen LogP contribution in [0, 0.1) is 0 Å². The molecule has 1 aromatic rings. The second-order valence-electron chi connectivity index (χ2n) is 6.49. The van der Waals surface area contributed by atoms with Gasteiger partial charge in [-0.05, 0) is 12.8 Å². The molecule has 20 heavy (non-hydrogen) atoms. The zero-order valence-corrected chi connectivity index (χ0v) is 13.5. The SMILES string of the molecule is CCCCCC[N+]1(C(CC)c2ccccc2)CCCC1. The van der Waals surface area contributed by atoms with E-state index in [-0.39, 0.29) is 0 Å². The number of nitrogens with zero attached hydrogens (tertiary/aromatic N) is 1. The molecule has 1 unspecified atom stereocenters. The Morgan fingerprint density at radius 3 is 2.25 bits per heavy atom. The van der Waals surface area contributed by atoms with Crippen LogP contribution in [0.15, 0.2) is 30.3 Å². The van der Waals surface area contributed by atoms with Crippen LogP contribution < -0.4 is 0 Å². The maximum absolute atomic E-state index is 2.38. The number of rotatable bonds is 8. The lowest BCUT2D eigenvalue weighted by molar-refractivity contribution is -0.946. The van der Waals surface area contributed by atoms with Crippen molar-refractivity contribution in [1.29, 1.82) is 0 Å². The van der Waals surface area contributed by atoms with Crippen LogP contribution >= 0.6 is 0 Å². The molecule has 0 saturated carbocycles. The van der Waals surface area contributed by atoms with Gasteiger partial charge in [0, 0.05) is 24.8 Å². The molecule has 0 N–H and O–H groups in total. The van der Waals surface area contributed by atoms with Gasteiger partial charge >= 0.3 is 0 Å². The molecule has 2 rings (SSSR count). The first-order chi connectivity index (χ1) is 9.82. The van der Waals surface area contributed by atoms with E-state index in [1.165, 1.54) is 69.1 Å². The Morgan fingerprint density at radius 2 is 1.65 bits per heavy atom. The van der Waals surface area contributed by atoms with E-state index < -0.39 is 0 Å². The van der Waals surface area contributed by atoms with Crippen LogP contribution in [-0.2, 0) is 0 Å². The van der Waals surface area contributed by atoms with E-state index in [1.807, 2.05) is 0 Å². The lowest BCUT2D eigenvalue weighted by Crippen LogP contribution is -2.48. The third-order valence-corrected chi connectivity index (χ3v) is 5.15. The summed E-state index contributed by atoms with van der Waals surface area (Å²) in [4.78, 5) is 0. The van der Waals surface area contributed by atoms with Gasteiger partial charge in [-0.25, -0.2) is 0 Å². The van der Waals surface area contributed by atoms with E-state index >= 15 is 0 Å². The van der Waals surface area contributed by atoms with Crippen molar-refractivity contribution >= 4 is 0 Å². The number of unbranched alkanes of at least 4 members (excludes halogenated alkanes) is 3. The average Bonchev–Trinajstić information content (AvgIpc) is 2.95. The van der Waals surface area contributed by atoms with Gasteiger partial charge in [-0.1, -0.05) is 57.0 Å². The number of benzene rings is 1. The summed E-state index contributed by atoms with van der Waals surface area (Å²) in [5.41, 5.74) is 1.56. The van der Waals surface area contributed by atoms with Crippen LogP contribution in [-0.4, -0.2) is 24.1 Å². The summed E-state index contributed by atoms with van der Waals surface area (Å²) >= 11 is 0. The Balaban J connectivity index is 2.09. The topological polar surface area (TPSA) is 0 Å². The Hall–Kier alpha value is -0.820. The van der Waals surface area contributed by atoms with Crippen LogP contribution in [0.3, 0.4) is 0 Å². The molecule has 1 heterocycles. The van der Waals surface area contributed by atoms with Crippen molar-refractivity contribution in [2.75, 3.05) is 19.6 Å². The van der Waals surface area contributed by atoms with Gasteiger partial charge in [0.1, 0.15) is 6.04 Å². The predicted octanol–water partition coefficient (Wildman–Crippen LogP) is 5.33. The smallest absolute Gasteiger partial charge is 0.114 e. The molecule has 1 aromatic carbocycles. The fraction of sp³-hybridized carbons (Fsp3) is 0.684. The van der Waals surface area contributed by atoms with Gasteiger partial charge in [0.2, 0.25) is 0 Å². The molecule has 1 heteroatoms. The van der Waals surface area contributed by atoms with Crippen LogP contribution in [0.4, 0.5) is 0 Å². The van der Waals surface area contributed by atoms with Crippen molar-refractivity contribution in [3.8, 4) is 0 Å². The van der Waals surface area contributed by atoms with Gasteiger partial charge < -0.3 is 4.48 Å². The molecule has 1 nitrogen and oxygen atoms in total. The molecule has 1 atom stereocenters. The van der Waals surface area contributed by atoms with Gasteiger partial charge in [-0.15, -0.1) is 0 Å². The van der Waals surface area contributed by atoms with Gasteiger partial charge in [0.05, 0.1) is 19.6 Å². The van der Waals surface area contributed by atoms with Crippen LogP contribution in [0.2, 0.25) is 0 Å². The van der Waals surface area contributed by atoms with E-state index in [9.17, 15) is 0 Å². The number of hydrogen-bond acceptors (Lipinski definition) is 0. The highest BCUT2D eigenvalue weighted by Crippen LogP contribution is 2.36. The quantitative estimate of drug-likeness (QED) is 0.444. The normalized spacial score (nSPS) is 19.1. The molecule has 0 spiro atoms. The molecule has 0 aromatic heterocycles. The molecular formula is C19H32N+. The maximum atomic E-state index is 2.38. The summed E-state index contributed by atoms with van der Waals surface area (Å²) in [7, 11) is 0. The van der Waals surface area contributed by atoms with Gasteiger partial charge in [-0.3, -0.25) is 0 Å². The van der Waals surface area contributed by atoms with Crippen LogP contribution in [0.5, 0.6) is 0 Å². The zero-order chi connectivity index (χ0) is 14.3. The van der Waals surface area contributed by atoms with E-state index in [2.05, 4.69) is 44.2 Å². The first-order valence-corrected chi connectivity index (χ1v) is 8.73. The van der Waals surface area contributed by atoms with E-state index in [0.29, 0.717) is 0 Å². The lowest BCUT2D eigenvalue weighted by atomic mass is 9.99. The predicted molar refractivity (Wildman–Crippen MR) is 87.7 cm³/mol. The molecule has 0 aliphatic carbocycles. The molecule has 1 fully saturated rings. The average molecular weight is 274 g/mol. The van der Waals surface area contributed by atoms with E-state index in [4.69, 9.17) is 0 Å². The fourth-order valence-corrected chi connectivity index (χ4v) is 4.12. The number of hydrogen-bond donors (Lipinski definition) is 0. The Bertz CT molecular complexity index is 365. The number of likely N-dealkylation sites (tertiary alicyclic amines) is 1. The fourth-order valence-electron chi connectivity index (χ4n) is 4.12. The van der Waals surface area contributed by atoms with E-state index in [1.54, 1.807) is 5.56 Å². The minimum atomic E-state index is 0.723. The minimum absolute atomic E-state index is 0.723.